The lowest BCUT2D eigenvalue weighted by atomic mass is 10.1. The van der Waals surface area contributed by atoms with Gasteiger partial charge in [-0.2, -0.15) is 0 Å². The molecule has 3 rings (SSSR count). The highest BCUT2D eigenvalue weighted by Gasteiger charge is 2.16. The summed E-state index contributed by atoms with van der Waals surface area (Å²) in [6.45, 7) is 1.55. The van der Waals surface area contributed by atoms with Gasteiger partial charge in [0.2, 0.25) is 0 Å². The van der Waals surface area contributed by atoms with Crippen molar-refractivity contribution in [1.29, 1.82) is 0 Å². The first-order valence-electron chi connectivity index (χ1n) is 10.00. The number of nitrogens with zero attached hydrogens (tertiary/aromatic N) is 1. The second-order valence-electron chi connectivity index (χ2n) is 7.03. The molecule has 1 aromatic heterocycles. The average Bonchev–Trinajstić information content (AvgIpc) is 2.82. The Bertz CT molecular complexity index is 1190. The lowest BCUT2D eigenvalue weighted by molar-refractivity contribution is 0.0902. The summed E-state index contributed by atoms with van der Waals surface area (Å²) in [4.78, 5) is 29.5. The summed E-state index contributed by atoms with van der Waals surface area (Å²) in [5.41, 5.74) is 2.00. The third-order valence-corrected chi connectivity index (χ3v) is 5.04. The Labute approximate surface area is 195 Å². The maximum absolute atomic E-state index is 13.5. The van der Waals surface area contributed by atoms with Gasteiger partial charge in [-0.15, -0.1) is 0 Å². The van der Waals surface area contributed by atoms with E-state index in [-0.39, 0.29) is 30.5 Å². The molecule has 7 nitrogen and oxygen atoms in total. The van der Waals surface area contributed by atoms with Crippen molar-refractivity contribution in [3.8, 4) is 22.8 Å². The van der Waals surface area contributed by atoms with Gasteiger partial charge in [-0.25, -0.2) is 9.37 Å². The Morgan fingerprint density at radius 2 is 1.88 bits per heavy atom. The molecule has 0 saturated heterocycles. The first-order chi connectivity index (χ1) is 15.8. The molecule has 172 valence electrons. The van der Waals surface area contributed by atoms with Crippen LogP contribution in [0.5, 0.6) is 11.5 Å². The number of hydrogen-bond donors (Lipinski definition) is 2. The Balaban J connectivity index is 1.73. The molecule has 0 spiro atoms. The van der Waals surface area contributed by atoms with Crippen LogP contribution in [0.3, 0.4) is 0 Å². The number of benzene rings is 2. The predicted molar refractivity (Wildman–Crippen MR) is 122 cm³/mol. The summed E-state index contributed by atoms with van der Waals surface area (Å²) in [5.74, 6) is -0.471. The molecule has 0 atom stereocenters. The van der Waals surface area contributed by atoms with Gasteiger partial charge >= 0.3 is 0 Å². The Morgan fingerprint density at radius 3 is 2.55 bits per heavy atom. The number of halogens is 2. The third-order valence-electron chi connectivity index (χ3n) is 4.75. The summed E-state index contributed by atoms with van der Waals surface area (Å²) in [5, 5.41) is 11.4. The summed E-state index contributed by atoms with van der Waals surface area (Å²) in [7, 11) is 1.45. The van der Waals surface area contributed by atoms with Crippen LogP contribution in [-0.4, -0.2) is 48.6 Å². The summed E-state index contributed by atoms with van der Waals surface area (Å²) in [6, 6.07) is 12.0. The molecule has 0 unspecified atom stereocenters. The summed E-state index contributed by atoms with van der Waals surface area (Å²) < 4.78 is 24.2. The van der Waals surface area contributed by atoms with Gasteiger partial charge in [-0.1, -0.05) is 11.6 Å². The average molecular weight is 473 g/mol. The van der Waals surface area contributed by atoms with Crippen molar-refractivity contribution in [2.24, 2.45) is 0 Å². The van der Waals surface area contributed by atoms with E-state index in [4.69, 9.17) is 26.2 Å². The smallest absolute Gasteiger partial charge is 0.251 e. The minimum Gasteiger partial charge on any atom is -0.494 e. The van der Waals surface area contributed by atoms with Gasteiger partial charge in [0.25, 0.3) is 5.91 Å². The van der Waals surface area contributed by atoms with Crippen LogP contribution in [0.4, 0.5) is 4.39 Å². The minimum absolute atomic E-state index is 0.0802. The van der Waals surface area contributed by atoms with Gasteiger partial charge < -0.3 is 19.9 Å². The molecule has 0 saturated carbocycles. The van der Waals surface area contributed by atoms with Gasteiger partial charge in [-0.3, -0.25) is 9.59 Å². The quantitative estimate of drug-likeness (QED) is 0.459. The Hall–Kier alpha value is -3.49. The number of Topliss-reactive ketones (excluding diaryl/α,β-unsaturated/α-hetero) is 1. The second kappa shape index (κ2) is 10.9. The van der Waals surface area contributed by atoms with Crippen LogP contribution in [0, 0.1) is 12.7 Å². The number of carbonyl (C=O) groups is 2. The van der Waals surface area contributed by atoms with Crippen LogP contribution in [0.15, 0.2) is 48.5 Å². The van der Waals surface area contributed by atoms with Crippen LogP contribution >= 0.6 is 11.6 Å². The molecule has 0 fully saturated rings. The molecule has 0 aliphatic carbocycles. The summed E-state index contributed by atoms with van der Waals surface area (Å²) in [6.07, 6.45) is 0. The van der Waals surface area contributed by atoms with Crippen molar-refractivity contribution in [2.75, 3.05) is 26.9 Å². The zero-order chi connectivity index (χ0) is 24.0. The van der Waals surface area contributed by atoms with Gasteiger partial charge in [0.15, 0.2) is 5.78 Å². The van der Waals surface area contributed by atoms with Crippen molar-refractivity contribution in [2.45, 2.75) is 6.92 Å². The van der Waals surface area contributed by atoms with E-state index in [1.54, 1.807) is 31.2 Å². The molecule has 1 heterocycles. The van der Waals surface area contributed by atoms with E-state index in [9.17, 15) is 14.0 Å². The number of ketones is 1. The van der Waals surface area contributed by atoms with E-state index in [0.29, 0.717) is 28.3 Å². The van der Waals surface area contributed by atoms with Crippen molar-refractivity contribution < 1.29 is 28.6 Å². The predicted octanol–water partition coefficient (Wildman–Crippen LogP) is 3.84. The second-order valence-corrected chi connectivity index (χ2v) is 7.44. The SMILES string of the molecule is COc1ccc(C(=O)CNC(=O)c2ccc(OCCO)c(C)c2)nc1-c1ccc(F)c(Cl)c1. The summed E-state index contributed by atoms with van der Waals surface area (Å²) >= 11 is 5.87. The van der Waals surface area contributed by atoms with Crippen molar-refractivity contribution >= 4 is 23.3 Å². The van der Waals surface area contributed by atoms with Gasteiger partial charge in [-0.05, 0) is 61.0 Å². The van der Waals surface area contributed by atoms with Crippen molar-refractivity contribution in [1.82, 2.24) is 10.3 Å². The number of aliphatic hydroxyl groups excluding tert-OH is 1. The zero-order valence-electron chi connectivity index (χ0n) is 18.0. The molecule has 0 radical (unpaired) electrons. The topological polar surface area (TPSA) is 97.8 Å². The molecule has 9 heteroatoms. The highest BCUT2D eigenvalue weighted by molar-refractivity contribution is 6.31. The number of carbonyl (C=O) groups excluding carboxylic acids is 2. The molecule has 3 aromatic rings. The molecule has 2 N–H and O–H groups in total. The number of nitrogens with one attached hydrogen (secondary N) is 1. The third kappa shape index (κ3) is 5.85. The molecular formula is C24H22ClFN2O5. The number of amides is 1. The fourth-order valence-electron chi connectivity index (χ4n) is 3.08. The van der Waals surface area contributed by atoms with Crippen LogP contribution < -0.4 is 14.8 Å². The number of pyridine rings is 1. The fourth-order valence-corrected chi connectivity index (χ4v) is 3.26. The van der Waals surface area contributed by atoms with Gasteiger partial charge in [0, 0.05) is 11.1 Å². The maximum atomic E-state index is 13.5. The molecule has 0 aliphatic rings. The largest absolute Gasteiger partial charge is 0.494 e. The van der Waals surface area contributed by atoms with E-state index in [1.165, 1.54) is 31.4 Å². The maximum Gasteiger partial charge on any atom is 0.251 e. The monoisotopic (exact) mass is 472 g/mol. The van der Waals surface area contributed by atoms with Crippen LogP contribution in [0.2, 0.25) is 5.02 Å². The molecule has 2 aromatic carbocycles. The normalized spacial score (nSPS) is 10.6. The molecule has 0 bridgehead atoms. The number of methoxy groups -OCH3 is 1. The minimum atomic E-state index is -0.572. The van der Waals surface area contributed by atoms with E-state index in [2.05, 4.69) is 10.3 Å². The number of hydrogen-bond acceptors (Lipinski definition) is 6. The Kier molecular flexibility index (Phi) is 7.97. The first kappa shape index (κ1) is 24.2. The Morgan fingerprint density at radius 1 is 1.12 bits per heavy atom. The van der Waals surface area contributed by atoms with Crippen LogP contribution in [-0.2, 0) is 0 Å². The lowest BCUT2D eigenvalue weighted by Crippen LogP contribution is -2.30. The molecular weight excluding hydrogens is 451 g/mol. The van der Waals surface area contributed by atoms with E-state index in [1.807, 2.05) is 0 Å². The number of aromatic nitrogens is 1. The highest BCUT2D eigenvalue weighted by Crippen LogP contribution is 2.31. The van der Waals surface area contributed by atoms with Crippen molar-refractivity contribution in [3.63, 3.8) is 0 Å². The number of rotatable bonds is 9. The van der Waals surface area contributed by atoms with E-state index in [0.717, 1.165) is 5.56 Å². The molecule has 0 aliphatic heterocycles. The number of ether oxygens (including phenoxy) is 2. The fraction of sp³-hybridized carbons (Fsp3) is 0.208. The standard InChI is InChI=1S/C24H22ClFN2O5/c1-14-11-16(4-7-21(14)33-10-9-29)24(31)27-13-20(30)19-6-8-22(32-2)23(28-19)15-3-5-18(26)17(25)12-15/h3-8,11-12,29H,9-10,13H2,1-2H3,(H,27,31). The zero-order valence-corrected chi connectivity index (χ0v) is 18.8. The van der Waals surface area contributed by atoms with Crippen LogP contribution in [0.25, 0.3) is 11.3 Å². The van der Waals surface area contributed by atoms with Gasteiger partial charge in [0.05, 0.1) is 25.3 Å². The number of aliphatic hydroxyl groups is 1. The highest BCUT2D eigenvalue weighted by atomic mass is 35.5. The first-order valence-corrected chi connectivity index (χ1v) is 10.4. The van der Waals surface area contributed by atoms with Crippen molar-refractivity contribution in [3.05, 3.63) is 76.2 Å². The molecule has 1 amide bonds. The van der Waals surface area contributed by atoms with Crippen LogP contribution in [0.1, 0.15) is 26.4 Å². The lowest BCUT2D eigenvalue weighted by Gasteiger charge is -2.11. The number of aryl methyl sites for hydroxylation is 1. The van der Waals surface area contributed by atoms with E-state index >= 15 is 0 Å². The van der Waals surface area contributed by atoms with E-state index < -0.39 is 17.5 Å². The molecule has 33 heavy (non-hydrogen) atoms. The van der Waals surface area contributed by atoms with Gasteiger partial charge in [0.1, 0.15) is 35.3 Å².